The number of imide groups is 1. The van der Waals surface area contributed by atoms with E-state index in [0.29, 0.717) is 37.4 Å². The zero-order valence-electron chi connectivity index (χ0n) is 29.7. The summed E-state index contributed by atoms with van der Waals surface area (Å²) in [4.78, 5) is 63.8. The molecule has 50 heavy (non-hydrogen) atoms. The number of unbranched alkanes of at least 4 members (excludes halogenated alkanes) is 2. The number of hydrogen-bond donors (Lipinski definition) is 4. The molecule has 1 aromatic carbocycles. The van der Waals surface area contributed by atoms with Gasteiger partial charge in [-0.3, -0.25) is 34.2 Å². The van der Waals surface area contributed by atoms with Gasteiger partial charge in [-0.1, -0.05) is 58.6 Å². The molecule has 5 N–H and O–H groups in total. The van der Waals surface area contributed by atoms with Crippen LogP contribution in [0.2, 0.25) is 0 Å². The standard InChI is InChI=1S/C36H54F3N5O6/c1-22(2)32(43-30(36(37,38)39)8-6-5-7-17-44-31(46)18-23(3)35(44)49)34(48)42-29(19-25-9-11-26(20-40)12-10-25)33(47)41-28-15-13-27(14-16-28)21-50-24(4)45/h13-16,22-23,25-26,29-30,32,43H,5-12,17-21,40H2,1-4H3,(H,41,47)(H,42,48). The molecular formula is C36H54F3N5O6. The molecule has 0 radical (unpaired) electrons. The van der Waals surface area contributed by atoms with E-state index in [1.54, 1.807) is 45.0 Å². The molecule has 2 fully saturated rings. The average Bonchev–Trinajstić information content (AvgIpc) is 3.30. The van der Waals surface area contributed by atoms with Crippen LogP contribution in [0.15, 0.2) is 24.3 Å². The van der Waals surface area contributed by atoms with Gasteiger partial charge in [0, 0.05) is 31.5 Å². The van der Waals surface area contributed by atoms with Crippen LogP contribution >= 0.6 is 0 Å². The second-order valence-electron chi connectivity index (χ2n) is 14.2. The van der Waals surface area contributed by atoms with Gasteiger partial charge in [-0.15, -0.1) is 0 Å². The van der Waals surface area contributed by atoms with Gasteiger partial charge in [0.05, 0.1) is 6.04 Å². The van der Waals surface area contributed by atoms with Crippen LogP contribution in [0.3, 0.4) is 0 Å². The van der Waals surface area contributed by atoms with Gasteiger partial charge in [0.2, 0.25) is 23.6 Å². The Labute approximate surface area is 293 Å². The third-order valence-electron chi connectivity index (χ3n) is 9.73. The Balaban J connectivity index is 1.66. The monoisotopic (exact) mass is 709 g/mol. The quantitative estimate of drug-likeness (QED) is 0.0959. The number of anilines is 1. The predicted octanol–water partition coefficient (Wildman–Crippen LogP) is 4.83. The fourth-order valence-corrected chi connectivity index (χ4v) is 6.64. The van der Waals surface area contributed by atoms with E-state index in [4.69, 9.17) is 10.5 Å². The maximum atomic E-state index is 14.2. The number of rotatable bonds is 18. The van der Waals surface area contributed by atoms with Crippen molar-refractivity contribution >= 4 is 35.3 Å². The van der Waals surface area contributed by atoms with Crippen molar-refractivity contribution in [2.45, 2.75) is 123 Å². The molecule has 1 saturated heterocycles. The fourth-order valence-electron chi connectivity index (χ4n) is 6.64. The van der Waals surface area contributed by atoms with Gasteiger partial charge >= 0.3 is 12.1 Å². The van der Waals surface area contributed by atoms with Crippen LogP contribution in [0.5, 0.6) is 0 Å². The number of nitrogens with one attached hydrogen (secondary N) is 3. The van der Waals surface area contributed by atoms with Crippen molar-refractivity contribution in [3.8, 4) is 0 Å². The number of alkyl halides is 3. The summed E-state index contributed by atoms with van der Waals surface area (Å²) in [6.07, 6.45) is -0.0497. The number of benzene rings is 1. The molecule has 280 valence electrons. The molecule has 1 saturated carbocycles. The largest absolute Gasteiger partial charge is 0.461 e. The van der Waals surface area contributed by atoms with Gasteiger partial charge < -0.3 is 21.1 Å². The van der Waals surface area contributed by atoms with Crippen molar-refractivity contribution in [3.63, 3.8) is 0 Å². The summed E-state index contributed by atoms with van der Waals surface area (Å²) in [6.45, 7) is 7.13. The van der Waals surface area contributed by atoms with Crippen LogP contribution in [0, 0.1) is 23.7 Å². The van der Waals surface area contributed by atoms with E-state index in [1.807, 2.05) is 0 Å². The van der Waals surface area contributed by atoms with Gasteiger partial charge in [-0.2, -0.15) is 13.2 Å². The summed E-state index contributed by atoms with van der Waals surface area (Å²) in [5, 5.41) is 8.15. The Bertz CT molecular complexity index is 1300. The van der Waals surface area contributed by atoms with Crippen molar-refractivity contribution in [1.29, 1.82) is 0 Å². The van der Waals surface area contributed by atoms with Crippen molar-refractivity contribution in [2.75, 3.05) is 18.4 Å². The van der Waals surface area contributed by atoms with Crippen LogP contribution in [-0.4, -0.2) is 71.9 Å². The number of ether oxygens (including phenoxy) is 1. The summed E-state index contributed by atoms with van der Waals surface area (Å²) in [7, 11) is 0. The number of nitrogens with two attached hydrogens (primary N) is 1. The molecule has 4 atom stereocenters. The van der Waals surface area contributed by atoms with Crippen LogP contribution in [0.4, 0.5) is 18.9 Å². The molecular weight excluding hydrogens is 655 g/mol. The van der Waals surface area contributed by atoms with E-state index < -0.39 is 48.0 Å². The number of likely N-dealkylation sites (tertiary alicyclic amines) is 1. The Kier molecular flexibility index (Phi) is 15.7. The zero-order chi connectivity index (χ0) is 37.0. The van der Waals surface area contributed by atoms with E-state index in [0.717, 1.165) is 31.2 Å². The first-order valence-electron chi connectivity index (χ1n) is 17.8. The number of amides is 4. The smallest absolute Gasteiger partial charge is 0.403 e. The molecule has 0 bridgehead atoms. The molecule has 4 amide bonds. The summed E-state index contributed by atoms with van der Waals surface area (Å²) >= 11 is 0. The van der Waals surface area contributed by atoms with E-state index in [-0.39, 0.29) is 56.1 Å². The summed E-state index contributed by atoms with van der Waals surface area (Å²) in [5.41, 5.74) is 7.03. The first kappa shape index (κ1) is 40.9. The lowest BCUT2D eigenvalue weighted by Crippen LogP contribution is -2.58. The van der Waals surface area contributed by atoms with Gasteiger partial charge in [0.15, 0.2) is 0 Å². The maximum Gasteiger partial charge on any atom is 0.403 e. The average molecular weight is 710 g/mol. The van der Waals surface area contributed by atoms with Crippen LogP contribution in [-0.2, 0) is 35.3 Å². The first-order valence-corrected chi connectivity index (χ1v) is 17.8. The molecule has 14 heteroatoms. The lowest BCUT2D eigenvalue weighted by atomic mass is 9.79. The Hall–Kier alpha value is -3.52. The third kappa shape index (κ3) is 12.7. The minimum absolute atomic E-state index is 0.0796. The predicted molar refractivity (Wildman–Crippen MR) is 182 cm³/mol. The van der Waals surface area contributed by atoms with Gasteiger partial charge in [-0.25, -0.2) is 0 Å². The molecule has 2 aliphatic rings. The van der Waals surface area contributed by atoms with Crippen molar-refractivity contribution < 1.29 is 41.9 Å². The second kappa shape index (κ2) is 19.2. The first-order chi connectivity index (χ1) is 23.6. The highest BCUT2D eigenvalue weighted by Gasteiger charge is 2.42. The van der Waals surface area contributed by atoms with Gasteiger partial charge in [0.1, 0.15) is 18.7 Å². The summed E-state index contributed by atoms with van der Waals surface area (Å²) in [5.74, 6) is -2.46. The Morgan fingerprint density at radius 2 is 1.62 bits per heavy atom. The lowest BCUT2D eigenvalue weighted by molar-refractivity contribution is -0.161. The van der Waals surface area contributed by atoms with E-state index >= 15 is 0 Å². The van der Waals surface area contributed by atoms with E-state index in [9.17, 15) is 37.1 Å². The van der Waals surface area contributed by atoms with Crippen LogP contribution in [0.25, 0.3) is 0 Å². The SMILES string of the molecule is CC(=O)OCc1ccc(NC(=O)C(CC2CCC(CN)CC2)NC(=O)C(NC(CCCCCN2C(=O)CC(C)C2=O)C(F)(F)F)C(C)C)cc1. The molecule has 1 aromatic rings. The van der Waals surface area contributed by atoms with Crippen molar-refractivity contribution in [3.05, 3.63) is 29.8 Å². The van der Waals surface area contributed by atoms with Crippen LogP contribution < -0.4 is 21.7 Å². The molecule has 1 aliphatic heterocycles. The number of nitrogens with zero attached hydrogens (tertiary/aromatic N) is 1. The normalized spacial score (nSPS) is 21.5. The third-order valence-corrected chi connectivity index (χ3v) is 9.73. The highest BCUT2D eigenvalue weighted by atomic mass is 19.4. The fraction of sp³-hybridized carbons (Fsp3) is 0.694. The van der Waals surface area contributed by atoms with Crippen LogP contribution in [0.1, 0.15) is 97.5 Å². The minimum Gasteiger partial charge on any atom is -0.461 e. The maximum absolute atomic E-state index is 14.2. The van der Waals surface area contributed by atoms with Crippen molar-refractivity contribution in [2.24, 2.45) is 29.4 Å². The highest BCUT2D eigenvalue weighted by Crippen LogP contribution is 2.32. The molecule has 0 aromatic heterocycles. The Morgan fingerprint density at radius 1 is 0.980 bits per heavy atom. The molecule has 0 spiro atoms. The summed E-state index contributed by atoms with van der Waals surface area (Å²) in [6, 6.07) is 2.50. The highest BCUT2D eigenvalue weighted by molar-refractivity contribution is 6.03. The molecule has 3 rings (SSSR count). The van der Waals surface area contributed by atoms with Gasteiger partial charge in [0.25, 0.3) is 0 Å². The van der Waals surface area contributed by atoms with Crippen molar-refractivity contribution in [1.82, 2.24) is 15.5 Å². The van der Waals surface area contributed by atoms with Gasteiger partial charge in [-0.05, 0) is 74.1 Å². The molecule has 1 heterocycles. The number of hydrogen-bond acceptors (Lipinski definition) is 8. The summed E-state index contributed by atoms with van der Waals surface area (Å²) < 4.78 is 47.7. The number of esters is 1. The zero-order valence-corrected chi connectivity index (χ0v) is 29.7. The Morgan fingerprint density at radius 3 is 2.16 bits per heavy atom. The van der Waals surface area contributed by atoms with E-state index in [1.165, 1.54) is 11.8 Å². The number of carbonyl (C=O) groups is 5. The molecule has 11 nitrogen and oxygen atoms in total. The topological polar surface area (TPSA) is 160 Å². The van der Waals surface area contributed by atoms with E-state index in [2.05, 4.69) is 16.0 Å². The lowest BCUT2D eigenvalue weighted by Gasteiger charge is -2.33. The molecule has 1 aliphatic carbocycles. The number of carbonyl (C=O) groups excluding carboxylic acids is 5. The minimum atomic E-state index is -4.64. The number of halogens is 3. The second-order valence-corrected chi connectivity index (χ2v) is 14.2. The molecule has 4 unspecified atom stereocenters.